The molecule has 1 aliphatic heterocycles. The first-order chi connectivity index (χ1) is 13.3. The van der Waals surface area contributed by atoms with Crippen molar-refractivity contribution >= 4 is 22.7 Å². The van der Waals surface area contributed by atoms with Crippen molar-refractivity contribution in [1.29, 1.82) is 0 Å². The van der Waals surface area contributed by atoms with Gasteiger partial charge in [-0.15, -0.1) is 0 Å². The highest BCUT2D eigenvalue weighted by Crippen LogP contribution is 2.36. The molecule has 9 heteroatoms. The Hall–Kier alpha value is -2.55. The van der Waals surface area contributed by atoms with Gasteiger partial charge in [-0.1, -0.05) is 17.8 Å². The fourth-order valence-corrected chi connectivity index (χ4v) is 3.94. The number of carbonyl (C=O) groups excluding carboxylic acids is 1. The molecular formula is C19H18F3N3O2S. The molecule has 28 heavy (non-hydrogen) atoms. The first-order valence-corrected chi connectivity index (χ1v) is 9.46. The second kappa shape index (κ2) is 8.22. The number of aliphatic imine (C=N–C) groups is 1. The van der Waals surface area contributed by atoms with E-state index in [1.807, 2.05) is 6.92 Å². The Balaban J connectivity index is 1.79. The lowest BCUT2D eigenvalue weighted by molar-refractivity contribution is -0.0500. The van der Waals surface area contributed by atoms with Crippen molar-refractivity contribution in [3.8, 4) is 5.75 Å². The molecular weight excluding hydrogens is 391 g/mol. The van der Waals surface area contributed by atoms with Gasteiger partial charge in [0.2, 0.25) is 0 Å². The average Bonchev–Trinajstić information content (AvgIpc) is 2.63. The Morgan fingerprint density at radius 2 is 2.14 bits per heavy atom. The van der Waals surface area contributed by atoms with Crippen molar-refractivity contribution in [1.82, 2.24) is 4.98 Å². The summed E-state index contributed by atoms with van der Waals surface area (Å²) < 4.78 is 43.0. The van der Waals surface area contributed by atoms with E-state index in [0.29, 0.717) is 22.7 Å². The zero-order valence-corrected chi connectivity index (χ0v) is 15.8. The SMILES string of the molecule is C[C@@]1(c2cc(CC(=O)c3ccc(OC(F)F)cn3)ccc2F)CCSC(N)=N1. The van der Waals surface area contributed by atoms with Crippen LogP contribution in [0.2, 0.25) is 0 Å². The number of thioether (sulfide) groups is 1. The van der Waals surface area contributed by atoms with Gasteiger partial charge in [0.25, 0.3) is 0 Å². The lowest BCUT2D eigenvalue weighted by Gasteiger charge is -2.30. The summed E-state index contributed by atoms with van der Waals surface area (Å²) in [7, 11) is 0. The molecule has 1 aromatic carbocycles. The van der Waals surface area contributed by atoms with Crippen LogP contribution >= 0.6 is 11.8 Å². The number of amidine groups is 1. The Labute approximate surface area is 164 Å². The largest absolute Gasteiger partial charge is 0.433 e. The van der Waals surface area contributed by atoms with Crippen LogP contribution in [0.3, 0.4) is 0 Å². The van der Waals surface area contributed by atoms with E-state index in [-0.39, 0.29) is 23.6 Å². The Kier molecular flexibility index (Phi) is 5.93. The van der Waals surface area contributed by atoms with Crippen LogP contribution in [0.1, 0.15) is 35.0 Å². The van der Waals surface area contributed by atoms with Crippen LogP contribution in [-0.4, -0.2) is 28.3 Å². The topological polar surface area (TPSA) is 77.6 Å². The molecule has 0 unspecified atom stereocenters. The molecule has 1 aromatic heterocycles. The molecule has 0 aliphatic carbocycles. The van der Waals surface area contributed by atoms with Crippen LogP contribution < -0.4 is 10.5 Å². The molecule has 2 N–H and O–H groups in total. The van der Waals surface area contributed by atoms with Gasteiger partial charge in [0.05, 0.1) is 11.7 Å². The number of aromatic nitrogens is 1. The van der Waals surface area contributed by atoms with E-state index >= 15 is 0 Å². The molecule has 2 aromatic rings. The number of pyridine rings is 1. The molecule has 1 aliphatic rings. The molecule has 3 rings (SSSR count). The van der Waals surface area contributed by atoms with Gasteiger partial charge >= 0.3 is 6.61 Å². The number of alkyl halides is 2. The smallest absolute Gasteiger partial charge is 0.387 e. The maximum Gasteiger partial charge on any atom is 0.387 e. The van der Waals surface area contributed by atoms with Gasteiger partial charge < -0.3 is 10.5 Å². The summed E-state index contributed by atoms with van der Waals surface area (Å²) >= 11 is 1.42. The lowest BCUT2D eigenvalue weighted by atomic mass is 9.87. The second-order valence-electron chi connectivity index (χ2n) is 6.49. The van der Waals surface area contributed by atoms with E-state index < -0.39 is 18.0 Å². The van der Waals surface area contributed by atoms with Crippen LogP contribution in [0.4, 0.5) is 13.2 Å². The van der Waals surface area contributed by atoms with Crippen LogP contribution in [-0.2, 0) is 12.0 Å². The summed E-state index contributed by atoms with van der Waals surface area (Å²) in [6.07, 6.45) is 1.67. The molecule has 0 bridgehead atoms. The molecule has 0 fully saturated rings. The monoisotopic (exact) mass is 409 g/mol. The molecule has 0 saturated carbocycles. The summed E-state index contributed by atoms with van der Waals surface area (Å²) in [6, 6.07) is 7.02. The van der Waals surface area contributed by atoms with E-state index in [0.717, 1.165) is 11.9 Å². The van der Waals surface area contributed by atoms with E-state index in [1.54, 1.807) is 6.07 Å². The van der Waals surface area contributed by atoms with Crippen LogP contribution in [0.15, 0.2) is 41.5 Å². The third kappa shape index (κ3) is 4.64. The fourth-order valence-electron chi connectivity index (χ4n) is 2.97. The van der Waals surface area contributed by atoms with Crippen LogP contribution in [0, 0.1) is 5.82 Å². The van der Waals surface area contributed by atoms with Gasteiger partial charge in [0.1, 0.15) is 17.3 Å². The number of rotatable bonds is 6. The number of ether oxygens (including phenoxy) is 1. The molecule has 1 atom stereocenters. The van der Waals surface area contributed by atoms with E-state index in [9.17, 15) is 18.0 Å². The zero-order valence-electron chi connectivity index (χ0n) is 15.0. The van der Waals surface area contributed by atoms with Gasteiger partial charge in [-0.2, -0.15) is 8.78 Å². The number of benzene rings is 1. The quantitative estimate of drug-likeness (QED) is 0.732. The van der Waals surface area contributed by atoms with Gasteiger partial charge in [0, 0.05) is 17.7 Å². The highest BCUT2D eigenvalue weighted by atomic mass is 32.2. The van der Waals surface area contributed by atoms with Crippen molar-refractivity contribution in [3.05, 3.63) is 59.2 Å². The molecule has 2 heterocycles. The molecule has 0 saturated heterocycles. The third-order valence-corrected chi connectivity index (χ3v) is 5.21. The maximum atomic E-state index is 14.4. The molecule has 0 amide bonds. The lowest BCUT2D eigenvalue weighted by Crippen LogP contribution is -2.29. The Bertz CT molecular complexity index is 906. The number of carbonyl (C=O) groups is 1. The van der Waals surface area contributed by atoms with E-state index in [4.69, 9.17) is 5.73 Å². The first-order valence-electron chi connectivity index (χ1n) is 8.48. The zero-order chi connectivity index (χ0) is 20.3. The predicted molar refractivity (Wildman–Crippen MR) is 101 cm³/mol. The van der Waals surface area contributed by atoms with Crippen molar-refractivity contribution in [3.63, 3.8) is 0 Å². The summed E-state index contributed by atoms with van der Waals surface area (Å²) in [4.78, 5) is 20.7. The summed E-state index contributed by atoms with van der Waals surface area (Å²) in [5.41, 5.74) is 6.11. The van der Waals surface area contributed by atoms with Gasteiger partial charge in [-0.05, 0) is 43.2 Å². The van der Waals surface area contributed by atoms with Crippen molar-refractivity contribution in [2.24, 2.45) is 10.7 Å². The first kappa shape index (κ1) is 20.2. The molecule has 148 valence electrons. The average molecular weight is 409 g/mol. The van der Waals surface area contributed by atoms with Crippen molar-refractivity contribution in [2.75, 3.05) is 5.75 Å². The van der Waals surface area contributed by atoms with E-state index in [2.05, 4.69) is 14.7 Å². The van der Waals surface area contributed by atoms with Crippen molar-refractivity contribution < 1.29 is 22.7 Å². The van der Waals surface area contributed by atoms with Gasteiger partial charge in [-0.3, -0.25) is 9.79 Å². The highest BCUT2D eigenvalue weighted by molar-refractivity contribution is 8.13. The standard InChI is InChI=1S/C19H18F3N3O2S/c1-19(6-7-28-18(23)25-19)13-8-11(2-4-14(13)20)9-16(26)15-5-3-12(10-24-15)27-17(21)22/h2-5,8,10,17H,6-7,9H2,1H3,(H2,23,25)/t19-/m0/s1. The number of hydrogen-bond acceptors (Lipinski definition) is 6. The normalized spacial score (nSPS) is 19.4. The van der Waals surface area contributed by atoms with E-state index in [1.165, 1.54) is 36.0 Å². The number of halogens is 3. The number of hydrogen-bond donors (Lipinski definition) is 1. The minimum Gasteiger partial charge on any atom is -0.433 e. The third-order valence-electron chi connectivity index (χ3n) is 4.42. The second-order valence-corrected chi connectivity index (χ2v) is 7.61. The number of nitrogens with two attached hydrogens (primary N) is 1. The minimum absolute atomic E-state index is 0.0145. The van der Waals surface area contributed by atoms with Gasteiger partial charge in [-0.25, -0.2) is 9.37 Å². The molecule has 0 spiro atoms. The predicted octanol–water partition coefficient (Wildman–Crippen LogP) is 3.91. The molecule has 5 nitrogen and oxygen atoms in total. The summed E-state index contributed by atoms with van der Waals surface area (Å²) in [5.74, 6) is -0.137. The van der Waals surface area contributed by atoms with Crippen molar-refractivity contribution in [2.45, 2.75) is 31.9 Å². The number of Topliss-reactive ketones (excluding diaryl/α,β-unsaturated/α-hetero) is 1. The minimum atomic E-state index is -2.96. The maximum absolute atomic E-state index is 14.4. The van der Waals surface area contributed by atoms with Crippen LogP contribution in [0.5, 0.6) is 5.75 Å². The number of ketones is 1. The van der Waals surface area contributed by atoms with Crippen LogP contribution in [0.25, 0.3) is 0 Å². The Morgan fingerprint density at radius 3 is 2.79 bits per heavy atom. The molecule has 0 radical (unpaired) electrons. The Morgan fingerprint density at radius 1 is 1.36 bits per heavy atom. The summed E-state index contributed by atoms with van der Waals surface area (Å²) in [5, 5.41) is 0.407. The highest BCUT2D eigenvalue weighted by Gasteiger charge is 2.32. The summed E-state index contributed by atoms with van der Waals surface area (Å²) in [6.45, 7) is -1.15. The fraction of sp³-hybridized carbons (Fsp3) is 0.316. The number of nitrogens with zero attached hydrogens (tertiary/aromatic N) is 2. The van der Waals surface area contributed by atoms with Gasteiger partial charge in [0.15, 0.2) is 11.0 Å².